The molecule has 33 heavy (non-hydrogen) atoms. The summed E-state index contributed by atoms with van der Waals surface area (Å²) in [5, 5.41) is 11.1. The largest absolute Gasteiger partial charge is 0.490 e. The molecule has 8 heteroatoms. The van der Waals surface area contributed by atoms with E-state index < -0.39 is 5.60 Å². The molecule has 0 aliphatic carbocycles. The van der Waals surface area contributed by atoms with Gasteiger partial charge in [-0.05, 0) is 70.0 Å². The van der Waals surface area contributed by atoms with Crippen molar-refractivity contribution < 1.29 is 14.6 Å². The number of ether oxygens (including phenoxy) is 2. The van der Waals surface area contributed by atoms with E-state index in [0.717, 1.165) is 29.2 Å². The number of benzene rings is 1. The van der Waals surface area contributed by atoms with Crippen molar-refractivity contribution in [3.63, 3.8) is 0 Å². The van der Waals surface area contributed by atoms with Gasteiger partial charge < -0.3 is 19.5 Å². The SMILES string of the molecule is CC1OCCC1(O)c1cc2ncn(-c3ccc(OC4C[C@H]5CC[C@@H](C4)N5C)cc3)c(=O)c2s1. The molecule has 0 saturated carbocycles. The van der Waals surface area contributed by atoms with Gasteiger partial charge in [0.2, 0.25) is 0 Å². The van der Waals surface area contributed by atoms with Crippen LogP contribution in [0.5, 0.6) is 5.75 Å². The number of piperidine rings is 1. The summed E-state index contributed by atoms with van der Waals surface area (Å²) >= 11 is 1.31. The summed E-state index contributed by atoms with van der Waals surface area (Å²) in [6.45, 7) is 2.37. The number of aliphatic hydroxyl groups is 1. The number of aromatic nitrogens is 2. The standard InChI is InChI=1S/C25H29N3O4S/c1-15-25(30,9-10-31-15)22-13-21-23(33-22)24(29)28(14-26-21)16-5-7-19(8-6-16)32-20-11-17-3-4-18(12-20)27(17)2/h5-8,13-15,17-18,20,30H,3-4,9-12H2,1-2H3/t15?,17-,18+,20?,25?. The highest BCUT2D eigenvalue weighted by Gasteiger charge is 2.43. The maximum Gasteiger partial charge on any atom is 0.275 e. The molecule has 1 aromatic carbocycles. The van der Waals surface area contributed by atoms with Gasteiger partial charge in [-0.3, -0.25) is 9.36 Å². The topological polar surface area (TPSA) is 76.8 Å². The van der Waals surface area contributed by atoms with E-state index in [9.17, 15) is 9.90 Å². The van der Waals surface area contributed by atoms with Crippen molar-refractivity contribution in [1.82, 2.24) is 14.5 Å². The van der Waals surface area contributed by atoms with Crippen LogP contribution in [0.3, 0.4) is 0 Å². The van der Waals surface area contributed by atoms with Gasteiger partial charge in [-0.15, -0.1) is 11.3 Å². The van der Waals surface area contributed by atoms with Crippen molar-refractivity contribution in [2.75, 3.05) is 13.7 Å². The predicted molar refractivity (Wildman–Crippen MR) is 127 cm³/mol. The van der Waals surface area contributed by atoms with Gasteiger partial charge in [0.15, 0.2) is 0 Å². The Kier molecular flexibility index (Phi) is 5.10. The van der Waals surface area contributed by atoms with Crippen molar-refractivity contribution in [2.24, 2.45) is 0 Å². The average Bonchev–Trinajstić information content (AvgIpc) is 3.44. The van der Waals surface area contributed by atoms with Gasteiger partial charge in [-0.25, -0.2) is 4.98 Å². The molecule has 5 heterocycles. The summed E-state index contributed by atoms with van der Waals surface area (Å²) in [6, 6.07) is 10.8. The molecule has 0 radical (unpaired) electrons. The number of rotatable bonds is 4. The van der Waals surface area contributed by atoms with E-state index in [4.69, 9.17) is 9.47 Å². The molecule has 3 aliphatic rings. The van der Waals surface area contributed by atoms with E-state index in [1.807, 2.05) is 37.3 Å². The summed E-state index contributed by atoms with van der Waals surface area (Å²) in [5.41, 5.74) is 0.165. The van der Waals surface area contributed by atoms with Crippen molar-refractivity contribution in [3.8, 4) is 11.4 Å². The van der Waals surface area contributed by atoms with E-state index in [0.29, 0.717) is 35.3 Å². The minimum atomic E-state index is -1.06. The average molecular weight is 468 g/mol. The predicted octanol–water partition coefficient (Wildman–Crippen LogP) is 3.45. The Labute approximate surface area is 196 Å². The van der Waals surface area contributed by atoms with Crippen molar-refractivity contribution in [3.05, 3.63) is 51.9 Å². The molecule has 6 rings (SSSR count). The fourth-order valence-electron chi connectivity index (χ4n) is 5.70. The van der Waals surface area contributed by atoms with Crippen molar-refractivity contribution in [1.29, 1.82) is 0 Å². The Morgan fingerprint density at radius 3 is 2.61 bits per heavy atom. The number of nitrogens with zero attached hydrogens (tertiary/aromatic N) is 3. The zero-order valence-corrected chi connectivity index (χ0v) is 19.8. The van der Waals surface area contributed by atoms with Crippen LogP contribution in [0.4, 0.5) is 0 Å². The van der Waals surface area contributed by atoms with E-state index in [2.05, 4.69) is 16.9 Å². The number of fused-ring (bicyclic) bond motifs is 3. The van der Waals surface area contributed by atoms with Crippen molar-refractivity contribution >= 4 is 21.6 Å². The zero-order valence-electron chi connectivity index (χ0n) is 18.9. The van der Waals surface area contributed by atoms with Gasteiger partial charge in [0.25, 0.3) is 5.56 Å². The molecule has 3 saturated heterocycles. The molecule has 3 aromatic rings. The summed E-state index contributed by atoms with van der Waals surface area (Å²) in [6.07, 6.45) is 6.72. The molecule has 2 aromatic heterocycles. The second-order valence-corrected chi connectivity index (χ2v) is 10.7. The number of thiophene rings is 1. The summed E-state index contributed by atoms with van der Waals surface area (Å²) in [5.74, 6) is 0.839. The summed E-state index contributed by atoms with van der Waals surface area (Å²) < 4.78 is 14.0. The summed E-state index contributed by atoms with van der Waals surface area (Å²) in [7, 11) is 2.23. The van der Waals surface area contributed by atoms with E-state index >= 15 is 0 Å². The second-order valence-electron chi connectivity index (χ2n) is 9.69. The molecule has 1 N–H and O–H groups in total. The third-order valence-corrected chi connectivity index (χ3v) is 9.14. The molecule has 0 spiro atoms. The molecular formula is C25H29N3O4S. The van der Waals surface area contributed by atoms with E-state index in [1.165, 1.54) is 24.2 Å². The van der Waals surface area contributed by atoms with E-state index in [-0.39, 0.29) is 17.8 Å². The Morgan fingerprint density at radius 1 is 1.21 bits per heavy atom. The second kappa shape index (κ2) is 7.91. The lowest BCUT2D eigenvalue weighted by Gasteiger charge is -2.36. The number of hydrogen-bond donors (Lipinski definition) is 1. The zero-order chi connectivity index (χ0) is 22.7. The van der Waals surface area contributed by atoms with Gasteiger partial charge in [-0.2, -0.15) is 0 Å². The first-order chi connectivity index (χ1) is 15.9. The highest BCUT2D eigenvalue weighted by Crippen LogP contribution is 2.40. The molecule has 3 aliphatic heterocycles. The molecule has 2 bridgehead atoms. The Morgan fingerprint density at radius 2 is 1.94 bits per heavy atom. The first kappa shape index (κ1) is 21.3. The third kappa shape index (κ3) is 3.51. The lowest BCUT2D eigenvalue weighted by Crippen LogP contribution is -2.43. The fourth-order valence-corrected chi connectivity index (χ4v) is 6.94. The Hall–Kier alpha value is -2.26. The van der Waals surface area contributed by atoms with Gasteiger partial charge >= 0.3 is 0 Å². The first-order valence-electron chi connectivity index (χ1n) is 11.8. The Bertz CT molecular complexity index is 1220. The van der Waals surface area contributed by atoms with Gasteiger partial charge in [0.1, 0.15) is 28.5 Å². The lowest BCUT2D eigenvalue weighted by molar-refractivity contribution is -0.0290. The van der Waals surface area contributed by atoms with Gasteiger partial charge in [0, 0.05) is 23.4 Å². The highest BCUT2D eigenvalue weighted by atomic mass is 32.1. The number of hydrogen-bond acceptors (Lipinski definition) is 7. The third-order valence-electron chi connectivity index (χ3n) is 7.86. The maximum absolute atomic E-state index is 13.2. The normalized spacial score (nSPS) is 32.0. The van der Waals surface area contributed by atoms with Crippen LogP contribution in [-0.2, 0) is 10.3 Å². The van der Waals surface area contributed by atoms with Crippen LogP contribution in [0, 0.1) is 0 Å². The van der Waals surface area contributed by atoms with Gasteiger partial charge in [0.05, 0.1) is 23.9 Å². The molecule has 5 atom stereocenters. The van der Waals surface area contributed by atoms with Crippen LogP contribution >= 0.6 is 11.3 Å². The molecule has 3 unspecified atom stereocenters. The van der Waals surface area contributed by atoms with Crippen LogP contribution in [0.15, 0.2) is 41.5 Å². The molecular weight excluding hydrogens is 438 g/mol. The van der Waals surface area contributed by atoms with Crippen LogP contribution in [0.1, 0.15) is 43.9 Å². The monoisotopic (exact) mass is 467 g/mol. The molecule has 0 amide bonds. The molecule has 7 nitrogen and oxygen atoms in total. The lowest BCUT2D eigenvalue weighted by atomic mass is 9.95. The summed E-state index contributed by atoms with van der Waals surface area (Å²) in [4.78, 5) is 21.0. The van der Waals surface area contributed by atoms with Crippen LogP contribution in [-0.4, -0.2) is 57.5 Å². The minimum absolute atomic E-state index is 0.132. The maximum atomic E-state index is 13.2. The first-order valence-corrected chi connectivity index (χ1v) is 12.6. The van der Waals surface area contributed by atoms with Gasteiger partial charge in [-0.1, -0.05) is 0 Å². The van der Waals surface area contributed by atoms with Crippen molar-refractivity contribution in [2.45, 2.75) is 68.9 Å². The van der Waals surface area contributed by atoms with Crippen LogP contribution < -0.4 is 10.3 Å². The van der Waals surface area contributed by atoms with E-state index in [1.54, 1.807) is 10.9 Å². The highest BCUT2D eigenvalue weighted by molar-refractivity contribution is 7.19. The quantitative estimate of drug-likeness (QED) is 0.633. The molecule has 3 fully saturated rings. The fraction of sp³-hybridized carbons (Fsp3) is 0.520. The smallest absolute Gasteiger partial charge is 0.275 e. The minimum Gasteiger partial charge on any atom is -0.490 e. The molecule has 174 valence electrons. The van der Waals surface area contributed by atoms with Crippen LogP contribution in [0.25, 0.3) is 15.9 Å². The Balaban J connectivity index is 1.24. The van der Waals surface area contributed by atoms with Crippen LogP contribution in [0.2, 0.25) is 0 Å².